The molecule has 0 saturated heterocycles. The third-order valence-electron chi connectivity index (χ3n) is 3.51. The third kappa shape index (κ3) is 3.91. The van der Waals surface area contributed by atoms with E-state index in [1.807, 2.05) is 6.07 Å². The van der Waals surface area contributed by atoms with Gasteiger partial charge in [0, 0.05) is 27.9 Å². The van der Waals surface area contributed by atoms with E-state index in [1.165, 1.54) is 36.0 Å². The number of thioether (sulfide) groups is 1. The summed E-state index contributed by atoms with van der Waals surface area (Å²) in [5.74, 6) is 0.0387. The largest absolute Gasteiger partial charge is 0.286 e. The van der Waals surface area contributed by atoms with Crippen LogP contribution in [-0.4, -0.2) is 29.1 Å². The molecule has 7 heteroatoms. The molecule has 3 nitrogen and oxygen atoms in total. The van der Waals surface area contributed by atoms with Gasteiger partial charge in [0.05, 0.1) is 6.54 Å². The first kappa shape index (κ1) is 17.3. The van der Waals surface area contributed by atoms with Gasteiger partial charge >= 0.3 is 0 Å². The Balaban J connectivity index is 1.69. The lowest BCUT2D eigenvalue weighted by Crippen LogP contribution is -2.32. The standard InChI is InChI=1S/C17H13Cl2FN2OS/c18-13-4-1-12(15(19)9-13)10-24-17-21-7-8-22(17)16(23)11-2-5-14(20)6-3-11/h1-6,9H,7-8,10H2. The van der Waals surface area contributed by atoms with Crippen molar-refractivity contribution < 1.29 is 9.18 Å². The van der Waals surface area contributed by atoms with Crippen LogP contribution in [0.25, 0.3) is 0 Å². The summed E-state index contributed by atoms with van der Waals surface area (Å²) >= 11 is 13.5. The van der Waals surface area contributed by atoms with Crippen LogP contribution < -0.4 is 0 Å². The number of halogens is 3. The third-order valence-corrected chi connectivity index (χ3v) is 5.16. The van der Waals surface area contributed by atoms with Crippen molar-refractivity contribution in [3.8, 4) is 0 Å². The highest BCUT2D eigenvalue weighted by Crippen LogP contribution is 2.27. The van der Waals surface area contributed by atoms with E-state index in [4.69, 9.17) is 23.2 Å². The summed E-state index contributed by atoms with van der Waals surface area (Å²) in [6.45, 7) is 1.08. The van der Waals surface area contributed by atoms with Crippen molar-refractivity contribution in [2.45, 2.75) is 5.75 Å². The summed E-state index contributed by atoms with van der Waals surface area (Å²) in [6.07, 6.45) is 0. The topological polar surface area (TPSA) is 32.7 Å². The van der Waals surface area contributed by atoms with Crippen molar-refractivity contribution in [1.29, 1.82) is 0 Å². The van der Waals surface area contributed by atoms with Crippen molar-refractivity contribution in [3.63, 3.8) is 0 Å². The Kier molecular flexibility index (Phi) is 5.43. The van der Waals surface area contributed by atoms with Crippen LogP contribution in [0, 0.1) is 5.82 Å². The Morgan fingerprint density at radius 2 is 1.96 bits per heavy atom. The summed E-state index contributed by atoms with van der Waals surface area (Å²) < 4.78 is 13.0. The second-order valence-corrected chi connectivity index (χ2v) is 6.94. The van der Waals surface area contributed by atoms with Crippen LogP contribution in [0.15, 0.2) is 47.5 Å². The van der Waals surface area contributed by atoms with E-state index in [2.05, 4.69) is 4.99 Å². The first-order valence-corrected chi connectivity index (χ1v) is 8.97. The zero-order valence-corrected chi connectivity index (χ0v) is 14.8. The average molecular weight is 383 g/mol. The lowest BCUT2D eigenvalue weighted by Gasteiger charge is -2.18. The van der Waals surface area contributed by atoms with Crippen LogP contribution in [0.4, 0.5) is 4.39 Å². The predicted molar refractivity (Wildman–Crippen MR) is 97.5 cm³/mol. The molecule has 1 aliphatic heterocycles. The highest BCUT2D eigenvalue weighted by atomic mass is 35.5. The van der Waals surface area contributed by atoms with E-state index >= 15 is 0 Å². The highest BCUT2D eigenvalue weighted by molar-refractivity contribution is 8.13. The normalized spacial score (nSPS) is 14.0. The molecule has 0 aromatic heterocycles. The van der Waals surface area contributed by atoms with Crippen LogP contribution in [0.1, 0.15) is 15.9 Å². The molecule has 0 spiro atoms. The molecule has 0 N–H and O–H groups in total. The molecule has 0 fully saturated rings. The molecule has 2 aromatic rings. The quantitative estimate of drug-likeness (QED) is 0.757. The van der Waals surface area contributed by atoms with Crippen molar-refractivity contribution in [2.24, 2.45) is 4.99 Å². The fourth-order valence-corrected chi connectivity index (χ4v) is 3.87. The fraction of sp³-hybridized carbons (Fsp3) is 0.176. The summed E-state index contributed by atoms with van der Waals surface area (Å²) in [5.41, 5.74) is 1.37. The molecule has 24 heavy (non-hydrogen) atoms. The molecule has 2 aromatic carbocycles. The molecular weight excluding hydrogens is 370 g/mol. The Morgan fingerprint density at radius 1 is 1.21 bits per heavy atom. The summed E-state index contributed by atoms with van der Waals surface area (Å²) in [5, 5.41) is 1.82. The summed E-state index contributed by atoms with van der Waals surface area (Å²) in [7, 11) is 0. The maximum absolute atomic E-state index is 13.0. The number of hydrogen-bond donors (Lipinski definition) is 0. The first-order chi connectivity index (χ1) is 11.5. The van der Waals surface area contributed by atoms with Gasteiger partial charge in [-0.3, -0.25) is 14.7 Å². The lowest BCUT2D eigenvalue weighted by molar-refractivity contribution is 0.0860. The van der Waals surface area contributed by atoms with E-state index in [0.717, 1.165) is 5.56 Å². The Bertz CT molecular complexity index is 796. The molecule has 0 atom stereocenters. The number of amidine groups is 1. The van der Waals surface area contributed by atoms with Crippen molar-refractivity contribution in [3.05, 3.63) is 69.5 Å². The number of rotatable bonds is 3. The van der Waals surface area contributed by atoms with Gasteiger partial charge in [-0.05, 0) is 42.0 Å². The minimum Gasteiger partial charge on any atom is -0.286 e. The number of benzene rings is 2. The zero-order valence-electron chi connectivity index (χ0n) is 12.5. The second kappa shape index (κ2) is 7.55. The predicted octanol–water partition coefficient (Wildman–Crippen LogP) is 4.88. The molecule has 0 bridgehead atoms. The van der Waals surface area contributed by atoms with E-state index in [-0.39, 0.29) is 11.7 Å². The lowest BCUT2D eigenvalue weighted by atomic mass is 10.2. The van der Waals surface area contributed by atoms with Crippen LogP contribution in [0.3, 0.4) is 0 Å². The van der Waals surface area contributed by atoms with Crippen molar-refractivity contribution >= 4 is 46.0 Å². The molecule has 0 unspecified atom stereocenters. The molecule has 1 amide bonds. The highest BCUT2D eigenvalue weighted by Gasteiger charge is 2.25. The van der Waals surface area contributed by atoms with Gasteiger partial charge < -0.3 is 0 Å². The first-order valence-electron chi connectivity index (χ1n) is 7.23. The van der Waals surface area contributed by atoms with Crippen LogP contribution >= 0.6 is 35.0 Å². The zero-order chi connectivity index (χ0) is 17.1. The van der Waals surface area contributed by atoms with Gasteiger partial charge in [-0.2, -0.15) is 0 Å². The van der Waals surface area contributed by atoms with Gasteiger partial charge in [0.2, 0.25) is 0 Å². The van der Waals surface area contributed by atoms with Gasteiger partial charge in [0.25, 0.3) is 5.91 Å². The molecule has 124 valence electrons. The molecule has 3 rings (SSSR count). The second-order valence-electron chi connectivity index (χ2n) is 5.15. The van der Waals surface area contributed by atoms with Crippen LogP contribution in [0.2, 0.25) is 10.0 Å². The number of carbonyl (C=O) groups is 1. The summed E-state index contributed by atoms with van der Waals surface area (Å²) in [4.78, 5) is 18.6. The Labute approximate surface area is 153 Å². The number of aliphatic imine (C=N–C) groups is 1. The van der Waals surface area contributed by atoms with Gasteiger partial charge in [0.15, 0.2) is 5.17 Å². The smallest absolute Gasteiger partial charge is 0.259 e. The van der Waals surface area contributed by atoms with Crippen LogP contribution in [0.5, 0.6) is 0 Å². The van der Waals surface area contributed by atoms with Crippen LogP contribution in [-0.2, 0) is 5.75 Å². The van der Waals surface area contributed by atoms with Gasteiger partial charge in [0.1, 0.15) is 5.82 Å². The molecular formula is C17H13Cl2FN2OS. The Morgan fingerprint density at radius 3 is 2.67 bits per heavy atom. The maximum atomic E-state index is 13.0. The van der Waals surface area contributed by atoms with Gasteiger partial charge in [-0.25, -0.2) is 4.39 Å². The van der Waals surface area contributed by atoms with Gasteiger partial charge in [-0.15, -0.1) is 0 Å². The fourth-order valence-electron chi connectivity index (χ4n) is 2.27. The molecule has 0 aliphatic carbocycles. The molecule has 1 aliphatic rings. The van der Waals surface area contributed by atoms with E-state index in [0.29, 0.717) is 39.6 Å². The molecule has 1 heterocycles. The monoisotopic (exact) mass is 382 g/mol. The SMILES string of the molecule is O=C(c1ccc(F)cc1)N1CCN=C1SCc1ccc(Cl)cc1Cl. The van der Waals surface area contributed by atoms with Crippen molar-refractivity contribution in [2.75, 3.05) is 13.1 Å². The van der Waals surface area contributed by atoms with Crippen molar-refractivity contribution in [1.82, 2.24) is 4.90 Å². The van der Waals surface area contributed by atoms with E-state index in [9.17, 15) is 9.18 Å². The van der Waals surface area contributed by atoms with E-state index < -0.39 is 0 Å². The van der Waals surface area contributed by atoms with E-state index in [1.54, 1.807) is 17.0 Å². The molecule has 0 radical (unpaired) electrons. The minimum atomic E-state index is -0.367. The number of hydrogen-bond acceptors (Lipinski definition) is 3. The number of nitrogens with zero attached hydrogens (tertiary/aromatic N) is 2. The minimum absolute atomic E-state index is 0.180. The Hall–Kier alpha value is -1.56. The number of amides is 1. The average Bonchev–Trinajstić information content (AvgIpc) is 3.02. The van der Waals surface area contributed by atoms with Gasteiger partial charge in [-0.1, -0.05) is 41.0 Å². The maximum Gasteiger partial charge on any atom is 0.259 e. The number of carbonyl (C=O) groups excluding carboxylic acids is 1. The molecule has 0 saturated carbocycles. The summed E-state index contributed by atoms with van der Waals surface area (Å²) in [6, 6.07) is 10.8.